The molecule has 1 aromatic carbocycles. The van der Waals surface area contributed by atoms with Gasteiger partial charge in [0.05, 0.1) is 4.90 Å². The van der Waals surface area contributed by atoms with Crippen molar-refractivity contribution >= 4 is 26.0 Å². The summed E-state index contributed by atoms with van der Waals surface area (Å²) in [5.41, 5.74) is 0. The molecule has 0 heterocycles. The molecule has 2 N–H and O–H groups in total. The number of benzene rings is 1. The third-order valence-electron chi connectivity index (χ3n) is 2.00. The highest BCUT2D eigenvalue weighted by molar-refractivity contribution is 9.10. The first-order valence-electron chi connectivity index (χ1n) is 4.93. The minimum Gasteiger partial charge on any atom is -0.396 e. The minimum atomic E-state index is -3.45. The molecule has 0 radical (unpaired) electrons. The molecule has 4 nitrogen and oxygen atoms in total. The summed E-state index contributed by atoms with van der Waals surface area (Å²) in [6.07, 6.45) is 1.22. The lowest BCUT2D eigenvalue weighted by Crippen LogP contribution is -2.25. The predicted octanol–water partition coefficient (Wildman–Crippen LogP) is 1.50. The van der Waals surface area contributed by atoms with E-state index in [1.807, 2.05) is 0 Å². The van der Waals surface area contributed by atoms with Crippen LogP contribution in [0.1, 0.15) is 12.8 Å². The Morgan fingerprint density at radius 1 is 1.25 bits per heavy atom. The maximum absolute atomic E-state index is 11.8. The normalized spacial score (nSPS) is 11.6. The topological polar surface area (TPSA) is 66.4 Å². The fourth-order valence-corrected chi connectivity index (χ4v) is 3.26. The molecule has 0 saturated carbocycles. The first-order valence-corrected chi connectivity index (χ1v) is 7.20. The lowest BCUT2D eigenvalue weighted by molar-refractivity contribution is 0.285. The van der Waals surface area contributed by atoms with Gasteiger partial charge in [0.25, 0.3) is 0 Å². The van der Waals surface area contributed by atoms with Crippen molar-refractivity contribution in [1.29, 1.82) is 0 Å². The monoisotopic (exact) mass is 307 g/mol. The molecule has 1 aromatic rings. The SMILES string of the molecule is O=S(=O)(NCCCCO)c1ccccc1Br. The van der Waals surface area contributed by atoms with Gasteiger partial charge in [0, 0.05) is 17.6 Å². The lowest BCUT2D eigenvalue weighted by atomic mass is 10.3. The number of hydrogen-bond acceptors (Lipinski definition) is 3. The van der Waals surface area contributed by atoms with Crippen molar-refractivity contribution in [3.8, 4) is 0 Å². The number of rotatable bonds is 6. The van der Waals surface area contributed by atoms with E-state index in [4.69, 9.17) is 5.11 Å². The zero-order valence-electron chi connectivity index (χ0n) is 8.69. The number of sulfonamides is 1. The maximum atomic E-state index is 11.8. The molecule has 6 heteroatoms. The predicted molar refractivity (Wildman–Crippen MR) is 65.7 cm³/mol. The molecule has 0 atom stereocenters. The maximum Gasteiger partial charge on any atom is 0.241 e. The van der Waals surface area contributed by atoms with Crippen LogP contribution in [0.15, 0.2) is 33.6 Å². The summed E-state index contributed by atoms with van der Waals surface area (Å²) in [5.74, 6) is 0. The summed E-state index contributed by atoms with van der Waals surface area (Å²) < 4.78 is 26.7. The van der Waals surface area contributed by atoms with E-state index in [1.54, 1.807) is 24.3 Å². The van der Waals surface area contributed by atoms with E-state index in [-0.39, 0.29) is 11.5 Å². The molecule has 0 spiro atoms. The van der Waals surface area contributed by atoms with Crippen LogP contribution in [0.25, 0.3) is 0 Å². The highest BCUT2D eigenvalue weighted by Crippen LogP contribution is 2.20. The molecule has 0 bridgehead atoms. The molecule has 0 amide bonds. The summed E-state index contributed by atoms with van der Waals surface area (Å²) in [5, 5.41) is 8.57. The second-order valence-corrected chi connectivity index (χ2v) is 5.85. The average molecular weight is 308 g/mol. The van der Waals surface area contributed by atoms with E-state index in [1.165, 1.54) is 0 Å². The summed E-state index contributed by atoms with van der Waals surface area (Å²) in [4.78, 5) is 0.235. The van der Waals surface area contributed by atoms with E-state index in [0.29, 0.717) is 23.9 Å². The molecule has 0 unspecified atom stereocenters. The largest absolute Gasteiger partial charge is 0.396 e. The van der Waals surface area contributed by atoms with Crippen molar-refractivity contribution in [3.05, 3.63) is 28.7 Å². The van der Waals surface area contributed by atoms with Crippen molar-refractivity contribution in [2.45, 2.75) is 17.7 Å². The number of aliphatic hydroxyl groups is 1. The number of aliphatic hydroxyl groups excluding tert-OH is 1. The van der Waals surface area contributed by atoms with E-state index in [9.17, 15) is 8.42 Å². The second kappa shape index (κ2) is 6.34. The number of halogens is 1. The van der Waals surface area contributed by atoms with Gasteiger partial charge >= 0.3 is 0 Å². The van der Waals surface area contributed by atoms with Gasteiger partial charge in [0.2, 0.25) is 10.0 Å². The molecule has 16 heavy (non-hydrogen) atoms. The first kappa shape index (κ1) is 13.6. The smallest absolute Gasteiger partial charge is 0.241 e. The lowest BCUT2D eigenvalue weighted by Gasteiger charge is -2.07. The molecule has 90 valence electrons. The highest BCUT2D eigenvalue weighted by atomic mass is 79.9. The van der Waals surface area contributed by atoms with Crippen molar-refractivity contribution in [3.63, 3.8) is 0 Å². The van der Waals surface area contributed by atoms with Crippen LogP contribution in [-0.4, -0.2) is 26.7 Å². The Labute approximate surface area is 104 Å². The standard InChI is InChI=1S/C10H14BrNO3S/c11-9-5-1-2-6-10(9)16(14,15)12-7-3-4-8-13/h1-2,5-6,12-13H,3-4,7-8H2. The Morgan fingerprint density at radius 3 is 2.56 bits per heavy atom. The van der Waals surface area contributed by atoms with Crippen LogP contribution in [0, 0.1) is 0 Å². The second-order valence-electron chi connectivity index (χ2n) is 3.26. The Kier molecular flexibility index (Phi) is 5.40. The van der Waals surface area contributed by atoms with Gasteiger partial charge in [-0.05, 0) is 40.9 Å². The minimum absolute atomic E-state index is 0.0801. The van der Waals surface area contributed by atoms with Gasteiger partial charge in [0.15, 0.2) is 0 Å². The van der Waals surface area contributed by atoms with Crippen LogP contribution in [0.5, 0.6) is 0 Å². The molecular weight excluding hydrogens is 294 g/mol. The van der Waals surface area contributed by atoms with E-state index < -0.39 is 10.0 Å². The number of nitrogens with one attached hydrogen (secondary N) is 1. The van der Waals surface area contributed by atoms with Crippen molar-refractivity contribution in [1.82, 2.24) is 4.72 Å². The van der Waals surface area contributed by atoms with Crippen LogP contribution in [-0.2, 0) is 10.0 Å². The van der Waals surface area contributed by atoms with Crippen molar-refractivity contribution in [2.75, 3.05) is 13.2 Å². The number of hydrogen-bond donors (Lipinski definition) is 2. The summed E-state index contributed by atoms with van der Waals surface area (Å²) >= 11 is 3.20. The van der Waals surface area contributed by atoms with Crippen molar-refractivity contribution < 1.29 is 13.5 Å². The summed E-state index contributed by atoms with van der Waals surface area (Å²) in [6.45, 7) is 0.418. The molecule has 0 aromatic heterocycles. The fourth-order valence-electron chi connectivity index (χ4n) is 1.18. The van der Waals surface area contributed by atoms with E-state index in [0.717, 1.165) is 0 Å². The van der Waals surface area contributed by atoms with Gasteiger partial charge in [-0.15, -0.1) is 0 Å². The first-order chi connectivity index (χ1) is 7.58. The van der Waals surface area contributed by atoms with Crippen LogP contribution in [0.3, 0.4) is 0 Å². The Bertz CT molecular complexity index is 433. The van der Waals surface area contributed by atoms with E-state index in [2.05, 4.69) is 20.7 Å². The van der Waals surface area contributed by atoms with Gasteiger partial charge in [-0.3, -0.25) is 0 Å². The third kappa shape index (κ3) is 3.86. The van der Waals surface area contributed by atoms with Gasteiger partial charge < -0.3 is 5.11 Å². The van der Waals surface area contributed by atoms with Gasteiger partial charge in [-0.25, -0.2) is 13.1 Å². The Morgan fingerprint density at radius 2 is 1.94 bits per heavy atom. The summed E-state index contributed by atoms with van der Waals surface area (Å²) in [7, 11) is -3.45. The Balaban J connectivity index is 2.68. The molecule has 1 rings (SSSR count). The molecule has 0 fully saturated rings. The highest BCUT2D eigenvalue weighted by Gasteiger charge is 2.15. The van der Waals surface area contributed by atoms with Gasteiger partial charge in [-0.2, -0.15) is 0 Å². The van der Waals surface area contributed by atoms with Crippen molar-refractivity contribution in [2.24, 2.45) is 0 Å². The fraction of sp³-hybridized carbons (Fsp3) is 0.400. The summed E-state index contributed by atoms with van der Waals surface area (Å²) in [6, 6.07) is 6.66. The number of unbranched alkanes of at least 4 members (excludes halogenated alkanes) is 1. The van der Waals surface area contributed by atoms with Crippen LogP contribution < -0.4 is 4.72 Å². The molecule has 0 aliphatic heterocycles. The van der Waals surface area contributed by atoms with Gasteiger partial charge in [-0.1, -0.05) is 12.1 Å². The molecule has 0 saturated heterocycles. The van der Waals surface area contributed by atoms with E-state index >= 15 is 0 Å². The Hall–Kier alpha value is -0.430. The quantitative estimate of drug-likeness (QED) is 0.783. The zero-order chi connectivity index (χ0) is 12.0. The van der Waals surface area contributed by atoms with Crippen LogP contribution >= 0.6 is 15.9 Å². The average Bonchev–Trinajstić information content (AvgIpc) is 2.25. The molecule has 0 aliphatic carbocycles. The van der Waals surface area contributed by atoms with Crippen LogP contribution in [0.4, 0.5) is 0 Å². The molecule has 0 aliphatic rings. The zero-order valence-corrected chi connectivity index (χ0v) is 11.1. The van der Waals surface area contributed by atoms with Crippen LogP contribution in [0.2, 0.25) is 0 Å². The molecular formula is C10H14BrNO3S. The third-order valence-corrected chi connectivity index (χ3v) is 4.48. The van der Waals surface area contributed by atoms with Gasteiger partial charge in [0.1, 0.15) is 0 Å².